The van der Waals surface area contributed by atoms with Crippen LogP contribution in [0.3, 0.4) is 0 Å². The van der Waals surface area contributed by atoms with E-state index in [0.717, 1.165) is 11.3 Å². The maximum atomic E-state index is 13.5. The molecular weight excluding hydrogens is 383 g/mol. The molecule has 0 radical (unpaired) electrons. The Morgan fingerprint density at radius 1 is 1.23 bits per heavy atom. The second-order valence-electron chi connectivity index (χ2n) is 8.84. The molecule has 1 aliphatic rings. The van der Waals surface area contributed by atoms with Crippen molar-refractivity contribution in [1.82, 2.24) is 4.90 Å². The van der Waals surface area contributed by atoms with Crippen molar-refractivity contribution in [2.75, 3.05) is 13.7 Å². The van der Waals surface area contributed by atoms with Crippen LogP contribution >= 0.6 is 0 Å². The molecule has 6 heteroatoms. The number of ether oxygens (including phenoxy) is 1. The number of rotatable bonds is 7. The number of nitrogens with zero attached hydrogens (tertiary/aromatic N) is 2. The normalized spacial score (nSPS) is 16.0. The van der Waals surface area contributed by atoms with Gasteiger partial charge in [0, 0.05) is 24.9 Å². The van der Waals surface area contributed by atoms with E-state index < -0.39 is 0 Å². The third-order valence-corrected chi connectivity index (χ3v) is 4.86. The van der Waals surface area contributed by atoms with Crippen molar-refractivity contribution in [1.29, 1.82) is 0 Å². The lowest BCUT2D eigenvalue weighted by molar-refractivity contribution is -0.135. The topological polar surface area (TPSA) is 51.1 Å². The molecule has 0 aromatic heterocycles. The Labute approximate surface area is 177 Å². The van der Waals surface area contributed by atoms with E-state index in [0.29, 0.717) is 37.2 Å². The van der Waals surface area contributed by atoms with E-state index in [1.54, 1.807) is 13.2 Å². The van der Waals surface area contributed by atoms with Crippen LogP contribution in [0.25, 0.3) is 0 Å². The van der Waals surface area contributed by atoms with Crippen LogP contribution in [-0.2, 0) is 16.2 Å². The van der Waals surface area contributed by atoms with Crippen LogP contribution in [-0.4, -0.2) is 36.3 Å². The SMILES string of the molecule is COc1cccc(CN(C[C@H]2CC(c3cccc(F)c3)=NO2)C(=O)CC(C)(C)C)c1. The Morgan fingerprint density at radius 2 is 2.00 bits per heavy atom. The smallest absolute Gasteiger partial charge is 0.223 e. The van der Waals surface area contributed by atoms with Gasteiger partial charge in [-0.15, -0.1) is 0 Å². The zero-order valence-corrected chi connectivity index (χ0v) is 18.0. The maximum absolute atomic E-state index is 13.5. The molecule has 2 aromatic rings. The molecule has 0 aliphatic carbocycles. The summed E-state index contributed by atoms with van der Waals surface area (Å²) in [4.78, 5) is 20.5. The van der Waals surface area contributed by atoms with Gasteiger partial charge in [-0.25, -0.2) is 4.39 Å². The second-order valence-corrected chi connectivity index (χ2v) is 8.84. The molecule has 0 bridgehead atoms. The number of hydrogen-bond donors (Lipinski definition) is 0. The lowest BCUT2D eigenvalue weighted by Gasteiger charge is -2.28. The number of benzene rings is 2. The highest BCUT2D eigenvalue weighted by atomic mass is 19.1. The molecule has 0 saturated carbocycles. The lowest BCUT2D eigenvalue weighted by atomic mass is 9.91. The number of carbonyl (C=O) groups excluding carboxylic acids is 1. The van der Waals surface area contributed by atoms with Gasteiger partial charge in [-0.05, 0) is 35.2 Å². The zero-order valence-electron chi connectivity index (χ0n) is 18.0. The molecule has 0 saturated heterocycles. The van der Waals surface area contributed by atoms with Crippen molar-refractivity contribution in [2.24, 2.45) is 10.6 Å². The molecule has 0 spiro atoms. The summed E-state index contributed by atoms with van der Waals surface area (Å²) in [6.07, 6.45) is 0.695. The summed E-state index contributed by atoms with van der Waals surface area (Å²) in [6, 6.07) is 14.0. The van der Waals surface area contributed by atoms with Gasteiger partial charge in [0.1, 0.15) is 11.6 Å². The Bertz CT molecular complexity index is 921. The Balaban J connectivity index is 1.71. The zero-order chi connectivity index (χ0) is 21.7. The predicted molar refractivity (Wildman–Crippen MR) is 115 cm³/mol. The summed E-state index contributed by atoms with van der Waals surface area (Å²) in [5, 5.41) is 4.14. The third-order valence-electron chi connectivity index (χ3n) is 4.86. The summed E-state index contributed by atoms with van der Waals surface area (Å²) in [6.45, 7) is 7.01. The molecule has 3 rings (SSSR count). The highest BCUT2D eigenvalue weighted by molar-refractivity contribution is 6.01. The number of halogens is 1. The van der Waals surface area contributed by atoms with Gasteiger partial charge >= 0.3 is 0 Å². The van der Waals surface area contributed by atoms with E-state index in [1.807, 2.05) is 56.0 Å². The molecule has 1 heterocycles. The van der Waals surface area contributed by atoms with E-state index in [-0.39, 0.29) is 23.2 Å². The molecule has 0 N–H and O–H groups in total. The second kappa shape index (κ2) is 9.28. The van der Waals surface area contributed by atoms with E-state index in [9.17, 15) is 9.18 Å². The first kappa shape index (κ1) is 21.8. The summed E-state index contributed by atoms with van der Waals surface area (Å²) in [7, 11) is 1.62. The van der Waals surface area contributed by atoms with Crippen LogP contribution in [0.15, 0.2) is 53.7 Å². The highest BCUT2D eigenvalue weighted by Gasteiger charge is 2.28. The minimum Gasteiger partial charge on any atom is -0.497 e. The number of hydrogen-bond acceptors (Lipinski definition) is 4. The number of amides is 1. The first-order valence-electron chi connectivity index (χ1n) is 10.1. The number of carbonyl (C=O) groups is 1. The number of methoxy groups -OCH3 is 1. The fourth-order valence-corrected chi connectivity index (χ4v) is 3.42. The van der Waals surface area contributed by atoms with E-state index in [1.165, 1.54) is 12.1 Å². The summed E-state index contributed by atoms with van der Waals surface area (Å²) < 4.78 is 18.8. The van der Waals surface area contributed by atoms with E-state index in [4.69, 9.17) is 9.57 Å². The van der Waals surface area contributed by atoms with Crippen molar-refractivity contribution in [3.63, 3.8) is 0 Å². The van der Waals surface area contributed by atoms with E-state index in [2.05, 4.69) is 5.16 Å². The fourth-order valence-electron chi connectivity index (χ4n) is 3.42. The molecule has 0 unspecified atom stereocenters. The van der Waals surface area contributed by atoms with Gasteiger partial charge in [-0.1, -0.05) is 50.2 Å². The maximum Gasteiger partial charge on any atom is 0.223 e. The van der Waals surface area contributed by atoms with Crippen molar-refractivity contribution in [3.05, 3.63) is 65.5 Å². The predicted octanol–water partition coefficient (Wildman–Crippen LogP) is 4.79. The molecule has 30 heavy (non-hydrogen) atoms. The Hall–Kier alpha value is -2.89. The lowest BCUT2D eigenvalue weighted by Crippen LogP contribution is -2.38. The van der Waals surface area contributed by atoms with Gasteiger partial charge in [-0.2, -0.15) is 0 Å². The van der Waals surface area contributed by atoms with Crippen LogP contribution in [0, 0.1) is 11.2 Å². The Kier molecular flexibility index (Phi) is 6.75. The van der Waals surface area contributed by atoms with Gasteiger partial charge < -0.3 is 14.5 Å². The van der Waals surface area contributed by atoms with Gasteiger partial charge in [0.05, 0.1) is 19.4 Å². The van der Waals surface area contributed by atoms with Crippen LogP contribution in [0.2, 0.25) is 0 Å². The standard InChI is InChI=1S/C24H29FN2O3/c1-24(2,3)14-23(28)27(15-17-7-5-10-20(11-17)29-4)16-21-13-22(26-30-21)18-8-6-9-19(25)12-18/h5-12,21H,13-16H2,1-4H3/t21-/m1/s1. The van der Waals surface area contributed by atoms with Crippen LogP contribution in [0.5, 0.6) is 5.75 Å². The minimum absolute atomic E-state index is 0.0631. The molecule has 5 nitrogen and oxygen atoms in total. The van der Waals surface area contributed by atoms with Crippen molar-refractivity contribution in [2.45, 2.75) is 46.3 Å². The first-order valence-corrected chi connectivity index (χ1v) is 10.1. The quantitative estimate of drug-likeness (QED) is 0.657. The van der Waals surface area contributed by atoms with Crippen LogP contribution < -0.4 is 4.74 Å². The number of oxime groups is 1. The monoisotopic (exact) mass is 412 g/mol. The van der Waals surface area contributed by atoms with Crippen LogP contribution in [0.1, 0.15) is 44.7 Å². The van der Waals surface area contributed by atoms with Gasteiger partial charge in [0.25, 0.3) is 0 Å². The largest absolute Gasteiger partial charge is 0.497 e. The summed E-state index contributed by atoms with van der Waals surface area (Å²) in [5.41, 5.74) is 2.27. The Morgan fingerprint density at radius 3 is 2.70 bits per heavy atom. The molecule has 1 aliphatic heterocycles. The molecular formula is C24H29FN2O3. The molecule has 2 aromatic carbocycles. The fraction of sp³-hybridized carbons (Fsp3) is 0.417. The first-order chi connectivity index (χ1) is 14.2. The van der Waals surface area contributed by atoms with Gasteiger partial charge in [0.2, 0.25) is 5.91 Å². The highest BCUT2D eigenvalue weighted by Crippen LogP contribution is 2.24. The summed E-state index contributed by atoms with van der Waals surface area (Å²) in [5.74, 6) is 0.511. The molecule has 0 fully saturated rings. The minimum atomic E-state index is -0.307. The van der Waals surface area contributed by atoms with Crippen molar-refractivity contribution in [3.8, 4) is 5.75 Å². The molecule has 1 atom stereocenters. The van der Waals surface area contributed by atoms with Gasteiger partial charge in [0.15, 0.2) is 6.10 Å². The third kappa shape index (κ3) is 6.05. The van der Waals surface area contributed by atoms with Crippen LogP contribution in [0.4, 0.5) is 4.39 Å². The van der Waals surface area contributed by atoms with E-state index >= 15 is 0 Å². The average molecular weight is 413 g/mol. The summed E-state index contributed by atoms with van der Waals surface area (Å²) >= 11 is 0. The average Bonchev–Trinajstić information content (AvgIpc) is 3.15. The van der Waals surface area contributed by atoms with Crippen molar-refractivity contribution < 1.29 is 18.8 Å². The molecule has 160 valence electrons. The van der Waals surface area contributed by atoms with Crippen molar-refractivity contribution >= 4 is 11.6 Å². The van der Waals surface area contributed by atoms with Gasteiger partial charge in [-0.3, -0.25) is 4.79 Å². The molecule has 1 amide bonds.